The molecular formula is C3H9N3O2. The molecular weight excluding hydrogens is 110 g/mol. The second kappa shape index (κ2) is 4.63. The van der Waals surface area contributed by atoms with Crippen molar-refractivity contribution < 1.29 is 10.2 Å². The van der Waals surface area contributed by atoms with Crippen molar-refractivity contribution in [2.45, 2.75) is 6.92 Å². The molecule has 0 radical (unpaired) electrons. The first-order valence-corrected chi connectivity index (χ1v) is 2.26. The molecule has 0 saturated carbocycles. The fraction of sp³-hybridized carbons (Fsp3) is 1.00. The molecule has 1 unspecified atom stereocenters. The number of hydrogen-bond acceptors (Lipinski definition) is 4. The Labute approximate surface area is 47.5 Å². The van der Waals surface area contributed by atoms with Crippen molar-refractivity contribution in [1.29, 1.82) is 0 Å². The molecule has 0 rings (SSSR count). The molecule has 0 bridgehead atoms. The molecule has 0 amide bonds. The van der Waals surface area contributed by atoms with Crippen molar-refractivity contribution in [3.63, 3.8) is 0 Å². The largest absolute Gasteiger partial charge is 0.571 e. The second-order valence-corrected chi connectivity index (χ2v) is 1.03. The quantitative estimate of drug-likeness (QED) is 0.395. The molecule has 0 aliphatic rings. The van der Waals surface area contributed by atoms with E-state index in [1.165, 1.54) is 7.11 Å². The van der Waals surface area contributed by atoms with Gasteiger partial charge in [-0.15, -0.1) is 5.11 Å². The molecule has 48 valence electrons. The zero-order valence-electron chi connectivity index (χ0n) is 4.92. The van der Waals surface area contributed by atoms with E-state index in [2.05, 4.69) is 15.2 Å². The summed E-state index contributed by atoms with van der Waals surface area (Å²) in [5.74, 6) is 0. The Hall–Kier alpha value is -0.520. The van der Waals surface area contributed by atoms with Crippen molar-refractivity contribution >= 4 is 0 Å². The van der Waals surface area contributed by atoms with E-state index < -0.39 is 5.34 Å². The lowest BCUT2D eigenvalue weighted by Gasteiger charge is -2.05. The van der Waals surface area contributed by atoms with Gasteiger partial charge in [0.25, 0.3) is 0 Å². The smallest absolute Gasteiger partial charge is 0.0991 e. The van der Waals surface area contributed by atoms with Gasteiger partial charge in [-0.25, -0.2) is 0 Å². The molecule has 0 aromatic carbocycles. The molecule has 8 heavy (non-hydrogen) atoms. The minimum Gasteiger partial charge on any atom is -0.571 e. The summed E-state index contributed by atoms with van der Waals surface area (Å²) in [7, 11) is 1.26. The zero-order chi connectivity index (χ0) is 6.41. The summed E-state index contributed by atoms with van der Waals surface area (Å²) in [6, 6.07) is 0. The van der Waals surface area contributed by atoms with E-state index in [0.717, 1.165) is 0 Å². The van der Waals surface area contributed by atoms with E-state index in [4.69, 9.17) is 0 Å². The monoisotopic (exact) mass is 119 g/mol. The van der Waals surface area contributed by atoms with E-state index in [1.54, 1.807) is 6.92 Å². The van der Waals surface area contributed by atoms with Gasteiger partial charge in [0.05, 0.1) is 18.9 Å². The molecule has 0 fully saturated rings. The highest BCUT2D eigenvalue weighted by Gasteiger charge is 1.82. The van der Waals surface area contributed by atoms with Gasteiger partial charge in [0.2, 0.25) is 0 Å². The SMILES string of the molecule is CCN=N[NH+]([O-])OC. The molecule has 0 aliphatic heterocycles. The van der Waals surface area contributed by atoms with Crippen molar-refractivity contribution in [3.8, 4) is 0 Å². The average Bonchev–Trinajstić information content (AvgIpc) is 1.83. The van der Waals surface area contributed by atoms with Crippen LogP contribution in [0.3, 0.4) is 0 Å². The summed E-state index contributed by atoms with van der Waals surface area (Å²) in [6.07, 6.45) is 0. The van der Waals surface area contributed by atoms with Gasteiger partial charge in [0.15, 0.2) is 0 Å². The first-order chi connectivity index (χ1) is 3.81. The Morgan fingerprint density at radius 1 is 1.75 bits per heavy atom. The van der Waals surface area contributed by atoms with Crippen molar-refractivity contribution in [2.24, 2.45) is 10.3 Å². The third kappa shape index (κ3) is 3.66. The third-order valence-electron chi connectivity index (χ3n) is 0.468. The van der Waals surface area contributed by atoms with E-state index in [1.807, 2.05) is 0 Å². The summed E-state index contributed by atoms with van der Waals surface area (Å²) in [4.78, 5) is 4.15. The van der Waals surface area contributed by atoms with Gasteiger partial charge in [-0.3, -0.25) is 0 Å². The predicted octanol–water partition coefficient (Wildman–Crippen LogP) is -0.682. The normalized spacial score (nSPS) is 14.9. The maximum Gasteiger partial charge on any atom is 0.0991 e. The lowest BCUT2D eigenvalue weighted by Crippen LogP contribution is -3.00. The molecule has 1 atom stereocenters. The fourth-order valence-electron chi connectivity index (χ4n) is 0.169. The van der Waals surface area contributed by atoms with Crippen LogP contribution in [0.25, 0.3) is 0 Å². The molecule has 5 nitrogen and oxygen atoms in total. The maximum absolute atomic E-state index is 10.1. The van der Waals surface area contributed by atoms with Crippen molar-refractivity contribution in [3.05, 3.63) is 5.21 Å². The van der Waals surface area contributed by atoms with Gasteiger partial charge in [-0.1, -0.05) is 5.34 Å². The Morgan fingerprint density at radius 3 is 2.75 bits per heavy atom. The average molecular weight is 119 g/mol. The predicted molar refractivity (Wildman–Crippen MR) is 26.7 cm³/mol. The van der Waals surface area contributed by atoms with Crippen LogP contribution in [0, 0.1) is 5.21 Å². The highest BCUT2D eigenvalue weighted by molar-refractivity contribution is 4.13. The topological polar surface area (TPSA) is 61.5 Å². The maximum atomic E-state index is 10.1. The van der Waals surface area contributed by atoms with Gasteiger partial charge in [-0.05, 0) is 6.92 Å². The Kier molecular flexibility index (Phi) is 4.33. The van der Waals surface area contributed by atoms with Gasteiger partial charge < -0.3 is 5.21 Å². The molecule has 0 heterocycles. The van der Waals surface area contributed by atoms with Crippen LogP contribution in [-0.2, 0) is 4.84 Å². The molecule has 1 N–H and O–H groups in total. The minimum atomic E-state index is -0.646. The van der Waals surface area contributed by atoms with E-state index in [9.17, 15) is 5.21 Å². The zero-order valence-corrected chi connectivity index (χ0v) is 4.92. The second-order valence-electron chi connectivity index (χ2n) is 1.03. The molecule has 0 aliphatic carbocycles. The minimum absolute atomic E-state index is 0.509. The summed E-state index contributed by atoms with van der Waals surface area (Å²) < 4.78 is 0. The lowest BCUT2D eigenvalue weighted by molar-refractivity contribution is -1.06. The number of rotatable bonds is 3. The van der Waals surface area contributed by atoms with Crippen LogP contribution in [0.5, 0.6) is 0 Å². The Morgan fingerprint density at radius 2 is 2.38 bits per heavy atom. The van der Waals surface area contributed by atoms with Crippen LogP contribution in [0.4, 0.5) is 0 Å². The van der Waals surface area contributed by atoms with E-state index >= 15 is 0 Å². The van der Waals surface area contributed by atoms with Gasteiger partial charge in [-0.2, -0.15) is 4.84 Å². The van der Waals surface area contributed by atoms with Crippen LogP contribution in [0.2, 0.25) is 0 Å². The summed E-state index contributed by atoms with van der Waals surface area (Å²) in [5.41, 5.74) is 0. The number of nitrogens with one attached hydrogen (secondary N) is 1. The van der Waals surface area contributed by atoms with Crippen LogP contribution >= 0.6 is 0 Å². The van der Waals surface area contributed by atoms with Crippen LogP contribution in [0.1, 0.15) is 6.92 Å². The number of hydrogen-bond donors (Lipinski definition) is 1. The highest BCUT2D eigenvalue weighted by Crippen LogP contribution is 1.61. The number of quaternary nitrogens is 1. The summed E-state index contributed by atoms with van der Waals surface area (Å²) >= 11 is 0. The van der Waals surface area contributed by atoms with Gasteiger partial charge in [0.1, 0.15) is 0 Å². The standard InChI is InChI=1S/C3H9N3O2/c1-3-4-5-6(7)8-2/h6H,3H2,1-2H3. The summed E-state index contributed by atoms with van der Waals surface area (Å²) in [5, 5.41) is 16.0. The van der Waals surface area contributed by atoms with E-state index in [-0.39, 0.29) is 0 Å². The first kappa shape index (κ1) is 7.48. The van der Waals surface area contributed by atoms with Crippen LogP contribution < -0.4 is 5.34 Å². The highest BCUT2D eigenvalue weighted by atomic mass is 16.9. The molecule has 0 spiro atoms. The lowest BCUT2D eigenvalue weighted by atomic mass is 10.8. The number of nitrogens with zero attached hydrogens (tertiary/aromatic N) is 2. The van der Waals surface area contributed by atoms with Crippen molar-refractivity contribution in [2.75, 3.05) is 13.7 Å². The Balaban J connectivity index is 3.21. The first-order valence-electron chi connectivity index (χ1n) is 2.26. The van der Waals surface area contributed by atoms with Gasteiger partial charge >= 0.3 is 0 Å². The van der Waals surface area contributed by atoms with E-state index in [0.29, 0.717) is 6.54 Å². The van der Waals surface area contributed by atoms with Crippen LogP contribution in [0.15, 0.2) is 10.3 Å². The van der Waals surface area contributed by atoms with Gasteiger partial charge in [0, 0.05) is 0 Å². The Bertz CT molecular complexity index is 74.9. The third-order valence-corrected chi connectivity index (χ3v) is 0.468. The van der Waals surface area contributed by atoms with Crippen molar-refractivity contribution in [1.82, 2.24) is 0 Å². The molecule has 0 aromatic heterocycles. The summed E-state index contributed by atoms with van der Waals surface area (Å²) in [6.45, 7) is 2.29. The van der Waals surface area contributed by atoms with Crippen LogP contribution in [-0.4, -0.2) is 13.7 Å². The fourth-order valence-corrected chi connectivity index (χ4v) is 0.169. The molecule has 5 heteroatoms. The molecule has 0 saturated heterocycles. The molecule has 0 aromatic rings.